The van der Waals surface area contributed by atoms with Gasteiger partial charge in [0.1, 0.15) is 6.04 Å². The average molecular weight is 468 g/mol. The fraction of sp³-hybridized carbons (Fsp3) is 0.542. The molecule has 0 aromatic heterocycles. The van der Waals surface area contributed by atoms with Crippen molar-refractivity contribution in [2.45, 2.75) is 63.2 Å². The van der Waals surface area contributed by atoms with Crippen molar-refractivity contribution in [3.8, 4) is 0 Å². The Kier molecular flexibility index (Phi) is 5.95. The second-order valence-corrected chi connectivity index (χ2v) is 9.76. The molecule has 4 unspecified atom stereocenters. The summed E-state index contributed by atoms with van der Waals surface area (Å²) in [5, 5.41) is 5.29. The van der Waals surface area contributed by atoms with Gasteiger partial charge in [-0.15, -0.1) is 0 Å². The van der Waals surface area contributed by atoms with E-state index < -0.39 is 29.7 Å². The lowest BCUT2D eigenvalue weighted by Gasteiger charge is -2.41. The van der Waals surface area contributed by atoms with Crippen LogP contribution in [-0.2, 0) is 20.9 Å². The van der Waals surface area contributed by atoms with Crippen LogP contribution in [0.3, 0.4) is 0 Å². The number of likely N-dealkylation sites (tertiary alicyclic amines) is 1. The van der Waals surface area contributed by atoms with E-state index >= 15 is 0 Å². The first-order valence-electron chi connectivity index (χ1n) is 11.9. The zero-order chi connectivity index (χ0) is 24.0. The molecule has 1 aromatic rings. The molecule has 4 aliphatic rings. The van der Waals surface area contributed by atoms with Gasteiger partial charge in [-0.05, 0) is 55.8 Å². The first kappa shape index (κ1) is 22.7. The molecule has 4 heterocycles. The Morgan fingerprint density at radius 2 is 1.71 bits per heavy atom. The lowest BCUT2D eigenvalue weighted by molar-refractivity contribution is -0.136. The summed E-state index contributed by atoms with van der Waals surface area (Å²) < 4.78 is 0. The average Bonchev–Trinajstić information content (AvgIpc) is 3.05. The Labute approximate surface area is 197 Å². The van der Waals surface area contributed by atoms with Gasteiger partial charge in [-0.3, -0.25) is 39.1 Å². The highest BCUT2D eigenvalue weighted by Gasteiger charge is 2.44. The maximum Gasteiger partial charge on any atom is 0.262 e. The smallest absolute Gasteiger partial charge is 0.262 e. The molecule has 3 fully saturated rings. The van der Waals surface area contributed by atoms with Crippen molar-refractivity contribution < 1.29 is 24.0 Å². The fourth-order valence-electron chi connectivity index (χ4n) is 5.71. The minimum absolute atomic E-state index is 0.0228. The number of nitrogens with zero attached hydrogens (tertiary/aromatic N) is 2. The number of piperidine rings is 3. The predicted octanol–water partition coefficient (Wildman–Crippen LogP) is -0.0943. The minimum atomic E-state index is -0.966. The van der Waals surface area contributed by atoms with Crippen LogP contribution in [0, 0.1) is 5.92 Å². The second kappa shape index (κ2) is 8.92. The van der Waals surface area contributed by atoms with Crippen molar-refractivity contribution in [1.82, 2.24) is 20.4 Å². The quantitative estimate of drug-likeness (QED) is 0.525. The van der Waals surface area contributed by atoms with E-state index in [0.717, 1.165) is 36.4 Å². The van der Waals surface area contributed by atoms with Gasteiger partial charge in [0.2, 0.25) is 17.7 Å². The molecule has 1 aromatic carbocycles. The number of carbonyl (C=O) groups excluding carboxylic acids is 5. The molecule has 180 valence electrons. The Morgan fingerprint density at radius 1 is 0.941 bits per heavy atom. The maximum atomic E-state index is 13.1. The number of rotatable bonds is 4. The van der Waals surface area contributed by atoms with Gasteiger partial charge >= 0.3 is 0 Å². The van der Waals surface area contributed by atoms with E-state index in [1.54, 1.807) is 12.1 Å². The van der Waals surface area contributed by atoms with Crippen LogP contribution in [0.2, 0.25) is 0 Å². The van der Waals surface area contributed by atoms with Crippen LogP contribution in [0.4, 0.5) is 0 Å². The molecule has 4 N–H and O–H groups in total. The van der Waals surface area contributed by atoms with Crippen molar-refractivity contribution in [2.75, 3.05) is 13.1 Å². The van der Waals surface area contributed by atoms with Gasteiger partial charge in [0.15, 0.2) is 0 Å². The van der Waals surface area contributed by atoms with Gasteiger partial charge in [-0.1, -0.05) is 6.07 Å². The second-order valence-electron chi connectivity index (χ2n) is 9.76. The van der Waals surface area contributed by atoms with Crippen molar-refractivity contribution in [3.63, 3.8) is 0 Å². The van der Waals surface area contributed by atoms with Crippen molar-refractivity contribution >= 4 is 29.5 Å². The topological polar surface area (TPSA) is 142 Å². The molecule has 4 atom stereocenters. The standard InChI is InChI=1S/C24H29N5O5/c25-17-5-7-19(30)26-21(17)14-2-1-9-28(12-14)11-13-3-4-15-16(10-13)24(34)29(23(15)33)18-6-8-20(31)27-22(18)32/h3-4,10,14,17-18,21H,1-2,5-9,11-12,25H2,(H,26,30)(H,27,31,32). The molecule has 10 nitrogen and oxygen atoms in total. The number of imide groups is 2. The van der Waals surface area contributed by atoms with Crippen LogP contribution in [0.1, 0.15) is 64.8 Å². The van der Waals surface area contributed by atoms with Gasteiger partial charge in [-0.25, -0.2) is 0 Å². The van der Waals surface area contributed by atoms with Gasteiger partial charge in [0, 0.05) is 38.0 Å². The molecule has 4 aliphatic heterocycles. The Bertz CT molecular complexity index is 1070. The van der Waals surface area contributed by atoms with Crippen molar-refractivity contribution in [1.29, 1.82) is 0 Å². The third kappa shape index (κ3) is 4.12. The third-order valence-corrected chi connectivity index (χ3v) is 7.45. The summed E-state index contributed by atoms with van der Waals surface area (Å²) in [7, 11) is 0. The fourth-order valence-corrected chi connectivity index (χ4v) is 5.71. The van der Waals surface area contributed by atoms with Crippen LogP contribution in [-0.4, -0.2) is 70.6 Å². The van der Waals surface area contributed by atoms with Crippen LogP contribution in [0.5, 0.6) is 0 Å². The molecule has 0 saturated carbocycles. The van der Waals surface area contributed by atoms with Gasteiger partial charge in [0.25, 0.3) is 11.8 Å². The van der Waals surface area contributed by atoms with E-state index in [1.165, 1.54) is 0 Å². The van der Waals surface area contributed by atoms with E-state index in [1.807, 2.05) is 6.07 Å². The summed E-state index contributed by atoms with van der Waals surface area (Å²) in [5.74, 6) is -1.67. The summed E-state index contributed by atoms with van der Waals surface area (Å²) in [6, 6.07) is 4.20. The zero-order valence-electron chi connectivity index (χ0n) is 18.9. The highest BCUT2D eigenvalue weighted by atomic mass is 16.2. The molecular formula is C24H29N5O5. The summed E-state index contributed by atoms with van der Waals surface area (Å²) in [4.78, 5) is 64.8. The predicted molar refractivity (Wildman–Crippen MR) is 120 cm³/mol. The Balaban J connectivity index is 1.28. The molecule has 0 spiro atoms. The molecular weight excluding hydrogens is 438 g/mol. The van der Waals surface area contributed by atoms with Crippen LogP contribution >= 0.6 is 0 Å². The molecule has 0 radical (unpaired) electrons. The number of fused-ring (bicyclic) bond motifs is 1. The maximum absolute atomic E-state index is 13.1. The van der Waals surface area contributed by atoms with Crippen LogP contribution in [0.15, 0.2) is 18.2 Å². The lowest BCUT2D eigenvalue weighted by atomic mass is 9.83. The Morgan fingerprint density at radius 3 is 2.50 bits per heavy atom. The SMILES string of the molecule is NC1CCC(=O)NC1C1CCCN(Cc2ccc3c(c2)C(=O)N(C2CCC(=O)NC2=O)C3=O)C1. The van der Waals surface area contributed by atoms with E-state index in [9.17, 15) is 24.0 Å². The molecule has 0 bridgehead atoms. The zero-order valence-corrected chi connectivity index (χ0v) is 18.9. The molecule has 5 amide bonds. The van der Waals surface area contributed by atoms with Crippen molar-refractivity contribution in [3.05, 3.63) is 34.9 Å². The van der Waals surface area contributed by atoms with E-state index in [4.69, 9.17) is 5.73 Å². The molecule has 0 aliphatic carbocycles. The molecule has 34 heavy (non-hydrogen) atoms. The lowest BCUT2D eigenvalue weighted by Crippen LogP contribution is -2.58. The number of hydrogen-bond donors (Lipinski definition) is 3. The summed E-state index contributed by atoms with van der Waals surface area (Å²) in [6.45, 7) is 2.31. The van der Waals surface area contributed by atoms with E-state index in [2.05, 4.69) is 15.5 Å². The molecule has 3 saturated heterocycles. The van der Waals surface area contributed by atoms with Crippen LogP contribution in [0.25, 0.3) is 0 Å². The van der Waals surface area contributed by atoms with Gasteiger partial charge in [0.05, 0.1) is 11.1 Å². The number of hydrogen-bond acceptors (Lipinski definition) is 7. The number of nitrogens with two attached hydrogens (primary N) is 1. The van der Waals surface area contributed by atoms with Crippen LogP contribution < -0.4 is 16.4 Å². The number of nitrogens with one attached hydrogen (secondary N) is 2. The minimum Gasteiger partial charge on any atom is -0.351 e. The first-order chi connectivity index (χ1) is 16.3. The number of benzene rings is 1. The van der Waals surface area contributed by atoms with Crippen molar-refractivity contribution in [2.24, 2.45) is 11.7 Å². The largest absolute Gasteiger partial charge is 0.351 e. The first-order valence-corrected chi connectivity index (χ1v) is 11.9. The normalized spacial score (nSPS) is 30.3. The van der Waals surface area contributed by atoms with E-state index in [0.29, 0.717) is 24.9 Å². The summed E-state index contributed by atoms with van der Waals surface area (Å²) >= 11 is 0. The Hall–Kier alpha value is -3.11. The molecule has 10 heteroatoms. The van der Waals surface area contributed by atoms with E-state index in [-0.39, 0.29) is 42.3 Å². The van der Waals surface area contributed by atoms with Gasteiger partial charge < -0.3 is 11.1 Å². The number of amides is 5. The summed E-state index contributed by atoms with van der Waals surface area (Å²) in [5.41, 5.74) is 7.78. The monoisotopic (exact) mass is 467 g/mol. The third-order valence-electron chi connectivity index (χ3n) is 7.45. The summed E-state index contributed by atoms with van der Waals surface area (Å²) in [6.07, 6.45) is 3.42. The molecule has 5 rings (SSSR count). The number of carbonyl (C=O) groups is 5. The highest BCUT2D eigenvalue weighted by molar-refractivity contribution is 6.23. The van der Waals surface area contributed by atoms with Gasteiger partial charge in [-0.2, -0.15) is 0 Å². The highest BCUT2D eigenvalue weighted by Crippen LogP contribution is 2.30.